The highest BCUT2D eigenvalue weighted by molar-refractivity contribution is 5.86. The average Bonchev–Trinajstić information content (AvgIpc) is 2.43. The van der Waals surface area contributed by atoms with Gasteiger partial charge in [-0.15, -0.1) is 0 Å². The van der Waals surface area contributed by atoms with Gasteiger partial charge in [-0.3, -0.25) is 4.79 Å². The first-order valence-corrected chi connectivity index (χ1v) is 6.49. The van der Waals surface area contributed by atoms with Crippen LogP contribution in [0, 0.1) is 0 Å². The van der Waals surface area contributed by atoms with Gasteiger partial charge in [-0.1, -0.05) is 37.3 Å². The van der Waals surface area contributed by atoms with E-state index in [4.69, 9.17) is 0 Å². The molecule has 3 N–H and O–H groups in total. The molecule has 5 nitrogen and oxygen atoms in total. The van der Waals surface area contributed by atoms with Gasteiger partial charge in [-0.2, -0.15) is 0 Å². The van der Waals surface area contributed by atoms with Gasteiger partial charge in [-0.05, 0) is 18.9 Å². The lowest BCUT2D eigenvalue weighted by Gasteiger charge is -2.14. The number of hydrogen-bond acceptors (Lipinski definition) is 2. The van der Waals surface area contributed by atoms with Crippen LogP contribution in [-0.4, -0.2) is 24.5 Å². The highest BCUT2D eigenvalue weighted by Crippen LogP contribution is 1.96. The molecule has 0 aliphatic heterocycles. The molecule has 0 aromatic heterocycles. The molecule has 0 bridgehead atoms. The normalized spacial score (nSPS) is 11.5. The summed E-state index contributed by atoms with van der Waals surface area (Å²) in [4.78, 5) is 23.2. The molecular weight excluding hydrogens is 242 g/mol. The summed E-state index contributed by atoms with van der Waals surface area (Å²) in [6.45, 7) is 4.70. The van der Waals surface area contributed by atoms with Crippen LogP contribution >= 0.6 is 0 Å². The van der Waals surface area contributed by atoms with Crippen molar-refractivity contribution >= 4 is 11.9 Å². The van der Waals surface area contributed by atoms with E-state index in [0.717, 1.165) is 12.0 Å². The Morgan fingerprint density at radius 3 is 2.47 bits per heavy atom. The lowest BCUT2D eigenvalue weighted by molar-refractivity contribution is -0.122. The number of benzene rings is 1. The van der Waals surface area contributed by atoms with E-state index in [1.54, 1.807) is 6.92 Å². The quantitative estimate of drug-likeness (QED) is 0.726. The van der Waals surface area contributed by atoms with E-state index in [-0.39, 0.29) is 11.9 Å². The molecular formula is C14H21N3O2. The fourth-order valence-corrected chi connectivity index (χ4v) is 1.49. The number of amides is 3. The molecule has 104 valence electrons. The van der Waals surface area contributed by atoms with E-state index in [1.165, 1.54) is 0 Å². The second-order valence-corrected chi connectivity index (χ2v) is 4.33. The summed E-state index contributed by atoms with van der Waals surface area (Å²) in [5.74, 6) is -0.170. The number of urea groups is 1. The predicted octanol–water partition coefficient (Wildman–Crippen LogP) is 1.40. The summed E-state index contributed by atoms with van der Waals surface area (Å²) in [6, 6.07) is 8.72. The molecule has 0 heterocycles. The van der Waals surface area contributed by atoms with E-state index >= 15 is 0 Å². The zero-order valence-corrected chi connectivity index (χ0v) is 11.4. The molecule has 1 atom stereocenters. The minimum Gasteiger partial charge on any atom is -0.354 e. The zero-order valence-electron chi connectivity index (χ0n) is 11.4. The van der Waals surface area contributed by atoms with E-state index in [1.807, 2.05) is 37.3 Å². The van der Waals surface area contributed by atoms with Gasteiger partial charge in [0.15, 0.2) is 0 Å². The molecule has 5 heteroatoms. The number of rotatable bonds is 6. The number of carbonyl (C=O) groups is 2. The number of carbonyl (C=O) groups excluding carboxylic acids is 2. The summed E-state index contributed by atoms with van der Waals surface area (Å²) in [5.41, 5.74) is 1.01. The largest absolute Gasteiger partial charge is 0.354 e. The summed E-state index contributed by atoms with van der Waals surface area (Å²) >= 11 is 0. The van der Waals surface area contributed by atoms with Gasteiger partial charge in [0.25, 0.3) is 0 Å². The highest BCUT2D eigenvalue weighted by atomic mass is 16.2. The first-order chi connectivity index (χ1) is 9.13. The molecule has 0 aliphatic carbocycles. The summed E-state index contributed by atoms with van der Waals surface area (Å²) < 4.78 is 0. The molecule has 0 aliphatic rings. The van der Waals surface area contributed by atoms with Crippen LogP contribution in [-0.2, 0) is 11.3 Å². The van der Waals surface area contributed by atoms with Crippen molar-refractivity contribution in [3.8, 4) is 0 Å². The maximum atomic E-state index is 11.6. The molecule has 0 radical (unpaired) electrons. The second kappa shape index (κ2) is 8.13. The molecule has 1 aromatic rings. The zero-order chi connectivity index (χ0) is 14.1. The maximum Gasteiger partial charge on any atom is 0.315 e. The molecule has 0 spiro atoms. The smallest absolute Gasteiger partial charge is 0.315 e. The number of hydrogen-bond donors (Lipinski definition) is 3. The topological polar surface area (TPSA) is 70.2 Å². The Bertz CT molecular complexity index is 406. The van der Waals surface area contributed by atoms with Gasteiger partial charge in [0, 0.05) is 13.1 Å². The fourth-order valence-electron chi connectivity index (χ4n) is 1.49. The van der Waals surface area contributed by atoms with Crippen molar-refractivity contribution < 1.29 is 9.59 Å². The fraction of sp³-hybridized carbons (Fsp3) is 0.429. The van der Waals surface area contributed by atoms with E-state index in [0.29, 0.717) is 13.1 Å². The van der Waals surface area contributed by atoms with Gasteiger partial charge in [-0.25, -0.2) is 4.79 Å². The lowest BCUT2D eigenvalue weighted by atomic mass is 10.2. The molecule has 1 unspecified atom stereocenters. The maximum absolute atomic E-state index is 11.6. The molecule has 19 heavy (non-hydrogen) atoms. The third-order valence-electron chi connectivity index (χ3n) is 2.59. The standard InChI is InChI=1S/C14H21N3O2/c1-3-9-15-13(18)11(2)17-14(19)16-10-12-7-5-4-6-8-12/h4-8,11H,3,9-10H2,1-2H3,(H,15,18)(H2,16,17,19). The lowest BCUT2D eigenvalue weighted by Crippen LogP contribution is -2.48. The average molecular weight is 263 g/mol. The van der Waals surface area contributed by atoms with Crippen molar-refractivity contribution in [2.75, 3.05) is 6.54 Å². The van der Waals surface area contributed by atoms with Gasteiger partial charge in [0.05, 0.1) is 0 Å². The third-order valence-corrected chi connectivity index (χ3v) is 2.59. The van der Waals surface area contributed by atoms with Crippen LogP contribution in [0.2, 0.25) is 0 Å². The van der Waals surface area contributed by atoms with E-state index in [2.05, 4.69) is 16.0 Å². The minimum atomic E-state index is -0.540. The van der Waals surface area contributed by atoms with Gasteiger partial charge < -0.3 is 16.0 Å². The summed E-state index contributed by atoms with van der Waals surface area (Å²) in [5, 5.41) is 8.04. The second-order valence-electron chi connectivity index (χ2n) is 4.33. The van der Waals surface area contributed by atoms with Crippen molar-refractivity contribution in [1.29, 1.82) is 0 Å². The van der Waals surface area contributed by atoms with Crippen LogP contribution in [0.15, 0.2) is 30.3 Å². The monoisotopic (exact) mass is 263 g/mol. The molecule has 1 rings (SSSR count). The van der Waals surface area contributed by atoms with Crippen LogP contribution in [0.3, 0.4) is 0 Å². The molecule has 0 saturated heterocycles. The molecule has 0 fully saturated rings. The Morgan fingerprint density at radius 2 is 1.84 bits per heavy atom. The Kier molecular flexibility index (Phi) is 6.43. The molecule has 3 amide bonds. The molecule has 1 aromatic carbocycles. The Balaban J connectivity index is 2.29. The summed E-state index contributed by atoms with van der Waals surface area (Å²) in [7, 11) is 0. The van der Waals surface area contributed by atoms with E-state index in [9.17, 15) is 9.59 Å². The van der Waals surface area contributed by atoms with Crippen molar-refractivity contribution in [2.45, 2.75) is 32.9 Å². The Hall–Kier alpha value is -2.04. The Morgan fingerprint density at radius 1 is 1.16 bits per heavy atom. The van der Waals surface area contributed by atoms with Crippen molar-refractivity contribution in [3.63, 3.8) is 0 Å². The van der Waals surface area contributed by atoms with Gasteiger partial charge in [0.2, 0.25) is 5.91 Å². The molecule has 0 saturated carbocycles. The van der Waals surface area contributed by atoms with E-state index < -0.39 is 6.04 Å². The number of nitrogens with one attached hydrogen (secondary N) is 3. The van der Waals surface area contributed by atoms with Gasteiger partial charge in [0.1, 0.15) is 6.04 Å². The minimum absolute atomic E-state index is 0.170. The first kappa shape index (κ1) is 15.0. The van der Waals surface area contributed by atoms with Gasteiger partial charge >= 0.3 is 6.03 Å². The predicted molar refractivity (Wildman–Crippen MR) is 74.6 cm³/mol. The summed E-state index contributed by atoms with van der Waals surface area (Å²) in [6.07, 6.45) is 0.874. The van der Waals surface area contributed by atoms with Crippen molar-refractivity contribution in [3.05, 3.63) is 35.9 Å². The SMILES string of the molecule is CCCNC(=O)C(C)NC(=O)NCc1ccccc1. The van der Waals surface area contributed by atoms with Crippen LogP contribution in [0.25, 0.3) is 0 Å². The Labute approximate surface area is 113 Å². The van der Waals surface area contributed by atoms with Crippen molar-refractivity contribution in [1.82, 2.24) is 16.0 Å². The first-order valence-electron chi connectivity index (χ1n) is 6.49. The van der Waals surface area contributed by atoms with Crippen LogP contribution in [0.5, 0.6) is 0 Å². The van der Waals surface area contributed by atoms with Crippen molar-refractivity contribution in [2.24, 2.45) is 0 Å². The van der Waals surface area contributed by atoms with Crippen LogP contribution in [0.1, 0.15) is 25.8 Å². The van der Waals surface area contributed by atoms with Crippen LogP contribution < -0.4 is 16.0 Å². The van der Waals surface area contributed by atoms with Crippen LogP contribution in [0.4, 0.5) is 4.79 Å². The third kappa shape index (κ3) is 5.90. The highest BCUT2D eigenvalue weighted by Gasteiger charge is 2.14.